The van der Waals surface area contributed by atoms with E-state index in [1.54, 1.807) is 6.20 Å². The lowest BCUT2D eigenvalue weighted by molar-refractivity contribution is 0.122. The number of benzene rings is 1. The van der Waals surface area contributed by atoms with Crippen molar-refractivity contribution in [2.45, 2.75) is 6.92 Å². The van der Waals surface area contributed by atoms with Gasteiger partial charge in [0.2, 0.25) is 0 Å². The Kier molecular flexibility index (Phi) is 4.19. The van der Waals surface area contributed by atoms with Crippen molar-refractivity contribution in [3.05, 3.63) is 42.2 Å². The van der Waals surface area contributed by atoms with Gasteiger partial charge in [0.15, 0.2) is 5.82 Å². The van der Waals surface area contributed by atoms with Crippen LogP contribution in [0.5, 0.6) is 0 Å². The zero-order valence-electron chi connectivity index (χ0n) is 14.5. The molecule has 1 aliphatic rings. The zero-order chi connectivity index (χ0) is 17.2. The first kappa shape index (κ1) is 15.8. The third-order valence-electron chi connectivity index (χ3n) is 4.43. The van der Waals surface area contributed by atoms with Gasteiger partial charge in [-0.05, 0) is 25.1 Å². The summed E-state index contributed by atoms with van der Waals surface area (Å²) >= 11 is 0. The number of anilines is 2. The molecule has 0 spiro atoms. The molecule has 0 unspecified atom stereocenters. The largest absolute Gasteiger partial charge is 0.378 e. The highest BCUT2D eigenvalue weighted by Gasteiger charge is 2.13. The monoisotopic (exact) mass is 335 g/mol. The standard InChI is InChI=1S/C19H21N5O/c1-13-12-21-18-17(22-13)11-16(23-19(18)20-2)14-3-5-15(6-4-14)24-7-9-25-10-8-24/h3-6,11-12H,7-10H2,1-2H3,(H,20,23). The van der Waals surface area contributed by atoms with E-state index in [-0.39, 0.29) is 0 Å². The number of hydrogen-bond acceptors (Lipinski definition) is 6. The maximum atomic E-state index is 5.42. The fourth-order valence-corrected chi connectivity index (χ4v) is 3.10. The van der Waals surface area contributed by atoms with Crippen LogP contribution in [0.25, 0.3) is 22.3 Å². The maximum absolute atomic E-state index is 5.42. The molecule has 0 radical (unpaired) electrons. The lowest BCUT2D eigenvalue weighted by Crippen LogP contribution is -2.36. The number of fused-ring (bicyclic) bond motifs is 1. The molecule has 1 saturated heterocycles. The molecule has 25 heavy (non-hydrogen) atoms. The normalized spacial score (nSPS) is 14.7. The average Bonchev–Trinajstić information content (AvgIpc) is 2.67. The molecule has 1 aliphatic heterocycles. The van der Waals surface area contributed by atoms with E-state index in [2.05, 4.69) is 44.5 Å². The van der Waals surface area contributed by atoms with E-state index in [9.17, 15) is 0 Å². The van der Waals surface area contributed by atoms with E-state index in [0.717, 1.165) is 60.1 Å². The van der Waals surface area contributed by atoms with E-state index >= 15 is 0 Å². The molecule has 3 heterocycles. The van der Waals surface area contributed by atoms with Gasteiger partial charge in [-0.25, -0.2) is 15.0 Å². The lowest BCUT2D eigenvalue weighted by atomic mass is 10.1. The van der Waals surface area contributed by atoms with Gasteiger partial charge in [-0.3, -0.25) is 0 Å². The highest BCUT2D eigenvalue weighted by Crippen LogP contribution is 2.27. The molecule has 2 aromatic heterocycles. The number of ether oxygens (including phenoxy) is 1. The smallest absolute Gasteiger partial charge is 0.154 e. The summed E-state index contributed by atoms with van der Waals surface area (Å²) < 4.78 is 5.42. The van der Waals surface area contributed by atoms with Crippen molar-refractivity contribution < 1.29 is 4.74 Å². The summed E-state index contributed by atoms with van der Waals surface area (Å²) in [5.74, 6) is 0.747. The number of morpholine rings is 1. The third-order valence-corrected chi connectivity index (χ3v) is 4.43. The van der Waals surface area contributed by atoms with Crippen LogP contribution in [0.15, 0.2) is 36.5 Å². The second-order valence-electron chi connectivity index (χ2n) is 6.13. The maximum Gasteiger partial charge on any atom is 0.154 e. The number of aryl methyl sites for hydroxylation is 1. The van der Waals surface area contributed by atoms with E-state index < -0.39 is 0 Å². The minimum absolute atomic E-state index is 0.747. The van der Waals surface area contributed by atoms with Gasteiger partial charge in [0.1, 0.15) is 5.52 Å². The SMILES string of the molecule is CNc1nc(-c2ccc(N3CCOCC3)cc2)cc2nc(C)cnc12. The minimum atomic E-state index is 0.747. The van der Waals surface area contributed by atoms with Crippen molar-refractivity contribution >= 4 is 22.5 Å². The summed E-state index contributed by atoms with van der Waals surface area (Å²) in [7, 11) is 1.86. The quantitative estimate of drug-likeness (QED) is 0.794. The number of nitrogens with zero attached hydrogens (tertiary/aromatic N) is 4. The minimum Gasteiger partial charge on any atom is -0.378 e. The molecule has 0 amide bonds. The molecule has 6 nitrogen and oxygen atoms in total. The third kappa shape index (κ3) is 3.13. The van der Waals surface area contributed by atoms with Gasteiger partial charge in [-0.1, -0.05) is 12.1 Å². The van der Waals surface area contributed by atoms with Crippen molar-refractivity contribution in [1.82, 2.24) is 15.0 Å². The molecule has 0 atom stereocenters. The Morgan fingerprint density at radius 2 is 1.84 bits per heavy atom. The van der Waals surface area contributed by atoms with Crippen molar-refractivity contribution in [3.8, 4) is 11.3 Å². The predicted octanol–water partition coefficient (Wildman–Crippen LogP) is 2.88. The Morgan fingerprint density at radius 1 is 1.08 bits per heavy atom. The molecule has 0 bridgehead atoms. The summed E-state index contributed by atoms with van der Waals surface area (Å²) in [6.07, 6.45) is 1.77. The van der Waals surface area contributed by atoms with Crippen LogP contribution in [-0.2, 0) is 4.74 Å². The molecule has 0 saturated carbocycles. The van der Waals surface area contributed by atoms with E-state index in [4.69, 9.17) is 9.72 Å². The Balaban J connectivity index is 1.71. The van der Waals surface area contributed by atoms with Crippen LogP contribution < -0.4 is 10.2 Å². The molecule has 1 N–H and O–H groups in total. The Bertz CT molecular complexity index is 888. The molecule has 0 aliphatic carbocycles. The van der Waals surface area contributed by atoms with Crippen molar-refractivity contribution in [3.63, 3.8) is 0 Å². The van der Waals surface area contributed by atoms with Gasteiger partial charge >= 0.3 is 0 Å². The topological polar surface area (TPSA) is 63.2 Å². The highest BCUT2D eigenvalue weighted by atomic mass is 16.5. The molecule has 128 valence electrons. The summed E-state index contributed by atoms with van der Waals surface area (Å²) in [6, 6.07) is 10.5. The van der Waals surface area contributed by atoms with Crippen LogP contribution in [0.2, 0.25) is 0 Å². The number of aromatic nitrogens is 3. The Morgan fingerprint density at radius 3 is 2.56 bits per heavy atom. The van der Waals surface area contributed by atoms with Crippen LogP contribution >= 0.6 is 0 Å². The van der Waals surface area contributed by atoms with Crippen LogP contribution in [0, 0.1) is 6.92 Å². The second-order valence-corrected chi connectivity index (χ2v) is 6.13. The summed E-state index contributed by atoms with van der Waals surface area (Å²) in [5, 5.41) is 3.13. The zero-order valence-corrected chi connectivity index (χ0v) is 14.5. The lowest BCUT2D eigenvalue weighted by Gasteiger charge is -2.28. The van der Waals surface area contributed by atoms with Gasteiger partial charge < -0.3 is 15.0 Å². The number of hydrogen-bond donors (Lipinski definition) is 1. The van der Waals surface area contributed by atoms with Crippen molar-refractivity contribution in [2.24, 2.45) is 0 Å². The van der Waals surface area contributed by atoms with Gasteiger partial charge in [-0.15, -0.1) is 0 Å². The summed E-state index contributed by atoms with van der Waals surface area (Å²) in [4.78, 5) is 16.1. The van der Waals surface area contributed by atoms with Crippen LogP contribution in [0.4, 0.5) is 11.5 Å². The van der Waals surface area contributed by atoms with Crippen molar-refractivity contribution in [1.29, 1.82) is 0 Å². The number of rotatable bonds is 3. The molecule has 1 fully saturated rings. The van der Waals surface area contributed by atoms with Gasteiger partial charge in [-0.2, -0.15) is 0 Å². The molecule has 3 aromatic rings. The number of pyridine rings is 1. The van der Waals surface area contributed by atoms with Crippen LogP contribution in [0.1, 0.15) is 5.69 Å². The molecular weight excluding hydrogens is 314 g/mol. The highest BCUT2D eigenvalue weighted by molar-refractivity contribution is 5.88. The van der Waals surface area contributed by atoms with Gasteiger partial charge in [0, 0.05) is 37.6 Å². The summed E-state index contributed by atoms with van der Waals surface area (Å²) in [6.45, 7) is 5.40. The van der Waals surface area contributed by atoms with E-state index in [1.165, 1.54) is 5.69 Å². The summed E-state index contributed by atoms with van der Waals surface area (Å²) in [5.41, 5.74) is 5.73. The van der Waals surface area contributed by atoms with E-state index in [1.807, 2.05) is 20.0 Å². The Hall–Kier alpha value is -2.73. The first-order valence-electron chi connectivity index (χ1n) is 8.50. The fourth-order valence-electron chi connectivity index (χ4n) is 3.10. The van der Waals surface area contributed by atoms with Crippen LogP contribution in [-0.4, -0.2) is 48.3 Å². The fraction of sp³-hybridized carbons (Fsp3) is 0.316. The van der Waals surface area contributed by atoms with Gasteiger partial charge in [0.25, 0.3) is 0 Å². The molecular formula is C19H21N5O. The molecule has 1 aromatic carbocycles. The second kappa shape index (κ2) is 6.64. The van der Waals surface area contributed by atoms with Crippen LogP contribution in [0.3, 0.4) is 0 Å². The van der Waals surface area contributed by atoms with Crippen molar-refractivity contribution in [2.75, 3.05) is 43.6 Å². The molecule has 6 heteroatoms. The predicted molar refractivity (Wildman–Crippen MR) is 100 cm³/mol. The first-order chi connectivity index (χ1) is 12.2. The molecule has 4 rings (SSSR count). The van der Waals surface area contributed by atoms with E-state index in [0.29, 0.717) is 0 Å². The number of nitrogens with one attached hydrogen (secondary N) is 1. The Labute approximate surface area is 146 Å². The first-order valence-corrected chi connectivity index (χ1v) is 8.50. The van der Waals surface area contributed by atoms with Gasteiger partial charge in [0.05, 0.1) is 30.1 Å². The average molecular weight is 335 g/mol.